The van der Waals surface area contributed by atoms with Crippen LogP contribution in [0.25, 0.3) is 0 Å². The summed E-state index contributed by atoms with van der Waals surface area (Å²) in [5.74, 6) is -0.510. The van der Waals surface area contributed by atoms with Gasteiger partial charge in [0.15, 0.2) is 0 Å². The largest absolute Gasteiger partial charge is 0.508 e. The van der Waals surface area contributed by atoms with Crippen LogP contribution in [0, 0.1) is 11.8 Å². The summed E-state index contributed by atoms with van der Waals surface area (Å²) in [5.41, 5.74) is 5.47. The Morgan fingerprint density at radius 2 is 1.16 bits per heavy atom. The number of nitrogens with two attached hydrogens (primary N) is 1. The predicted molar refractivity (Wildman–Crippen MR) is 88.0 cm³/mol. The molecule has 0 heterocycles. The predicted octanol–water partition coefficient (Wildman–Crippen LogP) is 2.70. The highest BCUT2D eigenvalue weighted by atomic mass is 31.2. The molecule has 0 fully saturated rings. The summed E-state index contributed by atoms with van der Waals surface area (Å²) in [5, 5.41) is 0. The van der Waals surface area contributed by atoms with Gasteiger partial charge in [-0.25, -0.2) is 19.7 Å². The molecular weight excluding hydrogens is 357 g/mol. The fourth-order valence-corrected chi connectivity index (χ4v) is 2.33. The van der Waals surface area contributed by atoms with Gasteiger partial charge in [-0.2, -0.15) is 0 Å². The van der Waals surface area contributed by atoms with Crippen LogP contribution in [0.15, 0.2) is 0 Å². The quantitative estimate of drug-likeness (QED) is 0.395. The maximum atomic E-state index is 12.0. The van der Waals surface area contributed by atoms with Crippen molar-refractivity contribution in [3.8, 4) is 0 Å². The average Bonchev–Trinajstić information content (AvgIpc) is 2.55. The Balaban J connectivity index is 3.97. The van der Waals surface area contributed by atoms with Crippen molar-refractivity contribution in [2.75, 3.05) is 39.6 Å². The van der Waals surface area contributed by atoms with Crippen molar-refractivity contribution in [1.82, 2.24) is 0 Å². The Morgan fingerprint density at radius 3 is 1.48 bits per heavy atom. The fourth-order valence-electron chi connectivity index (χ4n) is 1.34. The van der Waals surface area contributed by atoms with Crippen LogP contribution in [0.1, 0.15) is 27.7 Å². The van der Waals surface area contributed by atoms with E-state index >= 15 is 0 Å². The lowest BCUT2D eigenvalue weighted by Gasteiger charge is -2.18. The van der Waals surface area contributed by atoms with Gasteiger partial charge >= 0.3 is 20.1 Å². The molecule has 10 nitrogen and oxygen atoms in total. The molecule has 2 unspecified atom stereocenters. The van der Waals surface area contributed by atoms with Crippen molar-refractivity contribution >= 4 is 20.1 Å². The first-order valence-corrected chi connectivity index (χ1v) is 9.58. The second-order valence-corrected chi connectivity index (χ2v) is 6.93. The van der Waals surface area contributed by atoms with Gasteiger partial charge in [0, 0.05) is 11.8 Å². The van der Waals surface area contributed by atoms with Crippen LogP contribution < -0.4 is 5.50 Å². The highest BCUT2D eigenvalue weighted by Crippen LogP contribution is 2.39. The van der Waals surface area contributed by atoms with E-state index in [2.05, 4.69) is 9.47 Å². The van der Waals surface area contributed by atoms with Crippen LogP contribution in [-0.4, -0.2) is 52.0 Å². The summed E-state index contributed by atoms with van der Waals surface area (Å²) in [7, 11) is -3.76. The SMILES string of the molecule is CCOC(=O)OCC(C)COP(N)(=O)OCC(C)COC(=O)OCC. The number of hydrogen-bond acceptors (Lipinski definition) is 9. The van der Waals surface area contributed by atoms with Crippen molar-refractivity contribution in [3.05, 3.63) is 0 Å². The zero-order valence-electron chi connectivity index (χ0n) is 15.1. The summed E-state index contributed by atoms with van der Waals surface area (Å²) in [6, 6.07) is 0. The minimum absolute atomic E-state index is 0.0269. The Kier molecular flexibility index (Phi) is 12.2. The molecule has 0 aromatic rings. The third kappa shape index (κ3) is 13.6. The van der Waals surface area contributed by atoms with Crippen LogP contribution in [-0.2, 0) is 32.6 Å². The zero-order chi connectivity index (χ0) is 19.3. The number of hydrogen-bond donors (Lipinski definition) is 1. The van der Waals surface area contributed by atoms with Gasteiger partial charge in [0.05, 0.1) is 39.6 Å². The number of carbonyl (C=O) groups excluding carboxylic acids is 2. The molecule has 0 amide bonds. The lowest BCUT2D eigenvalue weighted by molar-refractivity contribution is 0.0392. The molecule has 11 heteroatoms. The monoisotopic (exact) mass is 385 g/mol. The van der Waals surface area contributed by atoms with Gasteiger partial charge in [-0.1, -0.05) is 13.8 Å². The molecule has 2 atom stereocenters. The molecule has 25 heavy (non-hydrogen) atoms. The molecule has 0 rings (SSSR count). The van der Waals surface area contributed by atoms with E-state index in [-0.39, 0.29) is 51.5 Å². The molecule has 0 spiro atoms. The zero-order valence-corrected chi connectivity index (χ0v) is 16.0. The maximum absolute atomic E-state index is 12.0. The maximum Gasteiger partial charge on any atom is 0.508 e. The molecule has 0 saturated carbocycles. The smallest absolute Gasteiger partial charge is 0.435 e. The van der Waals surface area contributed by atoms with Crippen molar-refractivity contribution in [1.29, 1.82) is 0 Å². The Hall–Kier alpha value is -1.35. The van der Waals surface area contributed by atoms with Crippen LogP contribution >= 0.6 is 7.75 Å². The fraction of sp³-hybridized carbons (Fsp3) is 0.857. The minimum Gasteiger partial charge on any atom is -0.435 e. The number of rotatable bonds is 12. The van der Waals surface area contributed by atoms with E-state index in [0.29, 0.717) is 0 Å². The van der Waals surface area contributed by atoms with E-state index in [1.807, 2.05) is 0 Å². The second kappa shape index (κ2) is 12.9. The molecule has 0 aromatic heterocycles. The summed E-state index contributed by atoms with van der Waals surface area (Å²) in [6.07, 6.45) is -1.56. The molecule has 0 aliphatic carbocycles. The molecule has 0 aliphatic heterocycles. The van der Waals surface area contributed by atoms with Crippen molar-refractivity contribution in [2.24, 2.45) is 17.3 Å². The van der Waals surface area contributed by atoms with E-state index < -0.39 is 20.1 Å². The van der Waals surface area contributed by atoms with Gasteiger partial charge in [0.25, 0.3) is 0 Å². The Bertz CT molecular complexity index is 410. The Morgan fingerprint density at radius 1 is 0.800 bits per heavy atom. The van der Waals surface area contributed by atoms with E-state index in [4.69, 9.17) is 24.0 Å². The van der Waals surface area contributed by atoms with Gasteiger partial charge in [-0.3, -0.25) is 9.05 Å². The highest BCUT2D eigenvalue weighted by molar-refractivity contribution is 7.51. The van der Waals surface area contributed by atoms with Crippen molar-refractivity contribution in [3.63, 3.8) is 0 Å². The third-order valence-electron chi connectivity index (χ3n) is 2.57. The second-order valence-electron chi connectivity index (χ2n) is 5.33. The number of carbonyl (C=O) groups is 2. The lowest BCUT2D eigenvalue weighted by atomic mass is 10.2. The highest BCUT2D eigenvalue weighted by Gasteiger charge is 2.22. The Labute approximate surface area is 147 Å². The van der Waals surface area contributed by atoms with E-state index in [9.17, 15) is 14.2 Å². The number of ether oxygens (including phenoxy) is 4. The first-order valence-electron chi connectivity index (χ1n) is 7.96. The van der Waals surface area contributed by atoms with Crippen LogP contribution in [0.2, 0.25) is 0 Å². The van der Waals surface area contributed by atoms with Crippen LogP contribution in [0.5, 0.6) is 0 Å². The van der Waals surface area contributed by atoms with Gasteiger partial charge in [0.1, 0.15) is 0 Å². The summed E-state index contributed by atoms with van der Waals surface area (Å²) >= 11 is 0. The molecule has 0 aromatic carbocycles. The molecular formula is C14H28NO9P. The van der Waals surface area contributed by atoms with E-state index in [1.54, 1.807) is 27.7 Å². The summed E-state index contributed by atoms with van der Waals surface area (Å²) in [4.78, 5) is 22.1. The normalized spacial score (nSPS) is 15.6. The van der Waals surface area contributed by atoms with Gasteiger partial charge in [-0.05, 0) is 13.8 Å². The van der Waals surface area contributed by atoms with Crippen LogP contribution in [0.4, 0.5) is 9.59 Å². The molecule has 0 aliphatic rings. The minimum atomic E-state index is -3.76. The van der Waals surface area contributed by atoms with E-state index in [1.165, 1.54) is 0 Å². The summed E-state index contributed by atoms with van der Waals surface area (Å²) < 4.78 is 40.9. The molecule has 0 bridgehead atoms. The first-order chi connectivity index (χ1) is 11.7. The first kappa shape index (κ1) is 23.6. The van der Waals surface area contributed by atoms with E-state index in [0.717, 1.165) is 0 Å². The van der Waals surface area contributed by atoms with Crippen molar-refractivity contribution < 1.29 is 42.1 Å². The lowest BCUT2D eigenvalue weighted by Crippen LogP contribution is -2.20. The third-order valence-corrected chi connectivity index (χ3v) is 3.59. The van der Waals surface area contributed by atoms with Gasteiger partial charge in [-0.15, -0.1) is 0 Å². The molecule has 0 saturated heterocycles. The molecule has 148 valence electrons. The topological polar surface area (TPSA) is 133 Å². The molecule has 2 N–H and O–H groups in total. The van der Waals surface area contributed by atoms with Crippen molar-refractivity contribution in [2.45, 2.75) is 27.7 Å². The average molecular weight is 385 g/mol. The molecule has 0 radical (unpaired) electrons. The van der Waals surface area contributed by atoms with Gasteiger partial charge in [0.2, 0.25) is 0 Å². The standard InChI is InChI=1S/C14H28NO9P/c1-5-19-13(16)21-7-11(3)9-23-25(15,18)24-10-12(4)8-22-14(17)20-6-2/h11-12H,5-10H2,1-4H3,(H2,15,18). The van der Waals surface area contributed by atoms with Gasteiger partial charge < -0.3 is 18.9 Å². The van der Waals surface area contributed by atoms with Crippen LogP contribution in [0.3, 0.4) is 0 Å². The summed E-state index contributed by atoms with van der Waals surface area (Å²) in [6.45, 7) is 7.20.